The molecule has 0 saturated carbocycles. The maximum absolute atomic E-state index is 10.5. The van der Waals surface area contributed by atoms with Crippen LogP contribution in [0.5, 0.6) is 0 Å². The fourth-order valence-electron chi connectivity index (χ4n) is 1.27. The van der Waals surface area contributed by atoms with Crippen molar-refractivity contribution in [2.75, 3.05) is 5.32 Å². The number of amides is 1. The standard InChI is InChI=1S/C9H7N3O3/c13-5-7-4-12-3-6(11-9(14)15)1-2-8(12)10-7/h1-5,11H,(H,14,15). The third-order valence-corrected chi connectivity index (χ3v) is 1.84. The maximum atomic E-state index is 10.5. The molecule has 2 N–H and O–H groups in total. The molecule has 2 aromatic rings. The van der Waals surface area contributed by atoms with Crippen LogP contribution >= 0.6 is 0 Å². The van der Waals surface area contributed by atoms with Gasteiger partial charge in [0.25, 0.3) is 0 Å². The third kappa shape index (κ3) is 1.78. The molecular formula is C9H7N3O3. The maximum Gasteiger partial charge on any atom is 0.409 e. The summed E-state index contributed by atoms with van der Waals surface area (Å²) in [5.41, 5.74) is 1.32. The van der Waals surface area contributed by atoms with E-state index in [-0.39, 0.29) is 0 Å². The molecule has 0 aliphatic rings. The van der Waals surface area contributed by atoms with Crippen LogP contribution in [0.1, 0.15) is 10.5 Å². The predicted molar refractivity (Wildman–Crippen MR) is 52.2 cm³/mol. The molecule has 15 heavy (non-hydrogen) atoms. The van der Waals surface area contributed by atoms with Gasteiger partial charge in [0.1, 0.15) is 11.3 Å². The van der Waals surface area contributed by atoms with Gasteiger partial charge in [-0.05, 0) is 12.1 Å². The molecule has 0 saturated heterocycles. The van der Waals surface area contributed by atoms with E-state index in [4.69, 9.17) is 5.11 Å². The van der Waals surface area contributed by atoms with Crippen molar-refractivity contribution in [1.29, 1.82) is 0 Å². The molecule has 2 aromatic heterocycles. The van der Waals surface area contributed by atoms with E-state index in [1.807, 2.05) is 0 Å². The lowest BCUT2D eigenvalue weighted by atomic mass is 10.4. The lowest BCUT2D eigenvalue weighted by Gasteiger charge is -2.00. The van der Waals surface area contributed by atoms with E-state index in [0.29, 0.717) is 23.3 Å². The molecule has 0 radical (unpaired) electrons. The van der Waals surface area contributed by atoms with Crippen LogP contribution in [-0.4, -0.2) is 26.9 Å². The molecule has 0 aliphatic carbocycles. The van der Waals surface area contributed by atoms with E-state index in [1.54, 1.807) is 22.7 Å². The Morgan fingerprint density at radius 1 is 1.47 bits per heavy atom. The number of hydrogen-bond acceptors (Lipinski definition) is 3. The number of aromatic nitrogens is 2. The molecule has 76 valence electrons. The first-order chi connectivity index (χ1) is 7.19. The minimum absolute atomic E-state index is 0.308. The Hall–Kier alpha value is -2.37. The first-order valence-electron chi connectivity index (χ1n) is 4.13. The lowest BCUT2D eigenvalue weighted by molar-refractivity contribution is 0.111. The number of pyridine rings is 1. The average Bonchev–Trinajstić information content (AvgIpc) is 2.58. The van der Waals surface area contributed by atoms with Crippen LogP contribution in [0.15, 0.2) is 24.5 Å². The molecule has 0 aliphatic heterocycles. The number of carboxylic acid groups (broad SMARTS) is 1. The topological polar surface area (TPSA) is 83.7 Å². The zero-order valence-corrected chi connectivity index (χ0v) is 7.54. The van der Waals surface area contributed by atoms with Crippen LogP contribution in [0, 0.1) is 0 Å². The van der Waals surface area contributed by atoms with Crippen LogP contribution in [-0.2, 0) is 0 Å². The van der Waals surface area contributed by atoms with Gasteiger partial charge in [0.05, 0.1) is 5.69 Å². The van der Waals surface area contributed by atoms with Crippen LogP contribution in [0.3, 0.4) is 0 Å². The summed E-state index contributed by atoms with van der Waals surface area (Å²) in [7, 11) is 0. The van der Waals surface area contributed by atoms with Crippen LogP contribution in [0.25, 0.3) is 5.65 Å². The van der Waals surface area contributed by atoms with Crippen molar-refractivity contribution in [3.63, 3.8) is 0 Å². The fourth-order valence-corrected chi connectivity index (χ4v) is 1.27. The first-order valence-corrected chi connectivity index (χ1v) is 4.13. The number of anilines is 1. The Bertz CT molecular complexity index is 532. The Morgan fingerprint density at radius 3 is 2.93 bits per heavy atom. The van der Waals surface area contributed by atoms with Gasteiger partial charge in [0.15, 0.2) is 6.29 Å². The molecule has 6 nitrogen and oxygen atoms in total. The number of imidazole rings is 1. The Kier molecular flexibility index (Phi) is 2.09. The summed E-state index contributed by atoms with van der Waals surface area (Å²) in [5.74, 6) is 0. The summed E-state index contributed by atoms with van der Waals surface area (Å²) in [6, 6.07) is 3.20. The highest BCUT2D eigenvalue weighted by Crippen LogP contribution is 2.10. The van der Waals surface area contributed by atoms with Gasteiger partial charge in [-0.25, -0.2) is 9.78 Å². The van der Waals surface area contributed by atoms with Crippen molar-refractivity contribution in [2.24, 2.45) is 0 Å². The molecular weight excluding hydrogens is 198 g/mol. The molecule has 1 amide bonds. The van der Waals surface area contributed by atoms with E-state index in [2.05, 4.69) is 10.3 Å². The highest BCUT2D eigenvalue weighted by Gasteiger charge is 2.02. The van der Waals surface area contributed by atoms with Crippen molar-refractivity contribution >= 4 is 23.7 Å². The van der Waals surface area contributed by atoms with E-state index < -0.39 is 6.09 Å². The number of nitrogens with zero attached hydrogens (tertiary/aromatic N) is 2. The van der Waals surface area contributed by atoms with Gasteiger partial charge in [-0.3, -0.25) is 10.1 Å². The molecule has 0 atom stereocenters. The molecule has 0 bridgehead atoms. The Labute approximate surface area is 84.2 Å². The lowest BCUT2D eigenvalue weighted by Crippen LogP contribution is -2.07. The predicted octanol–water partition coefficient (Wildman–Crippen LogP) is 1.24. The smallest absolute Gasteiger partial charge is 0.409 e. The second-order valence-corrected chi connectivity index (χ2v) is 2.90. The number of carbonyl (C=O) groups excluding carboxylic acids is 1. The van der Waals surface area contributed by atoms with Gasteiger partial charge in [-0.15, -0.1) is 0 Å². The number of nitrogens with one attached hydrogen (secondary N) is 1. The van der Waals surface area contributed by atoms with Gasteiger partial charge in [0, 0.05) is 12.4 Å². The van der Waals surface area contributed by atoms with Crippen molar-refractivity contribution in [3.8, 4) is 0 Å². The molecule has 0 aromatic carbocycles. The Balaban J connectivity index is 2.45. The normalized spacial score (nSPS) is 10.1. The van der Waals surface area contributed by atoms with Gasteiger partial charge in [-0.1, -0.05) is 0 Å². The minimum Gasteiger partial charge on any atom is -0.465 e. The monoisotopic (exact) mass is 205 g/mol. The summed E-state index contributed by atoms with van der Waals surface area (Å²) < 4.78 is 1.58. The number of fused-ring (bicyclic) bond motifs is 1. The molecule has 0 spiro atoms. The van der Waals surface area contributed by atoms with Crippen LogP contribution in [0.4, 0.5) is 10.5 Å². The molecule has 2 rings (SSSR count). The van der Waals surface area contributed by atoms with Crippen molar-refractivity contribution in [1.82, 2.24) is 9.38 Å². The second-order valence-electron chi connectivity index (χ2n) is 2.90. The fraction of sp³-hybridized carbons (Fsp3) is 0. The zero-order chi connectivity index (χ0) is 10.8. The second kappa shape index (κ2) is 3.41. The zero-order valence-electron chi connectivity index (χ0n) is 7.54. The van der Waals surface area contributed by atoms with Crippen molar-refractivity contribution in [2.45, 2.75) is 0 Å². The minimum atomic E-state index is -1.13. The van der Waals surface area contributed by atoms with Gasteiger partial charge in [-0.2, -0.15) is 0 Å². The molecule has 2 heterocycles. The third-order valence-electron chi connectivity index (χ3n) is 1.84. The Morgan fingerprint density at radius 2 is 2.27 bits per heavy atom. The number of rotatable bonds is 2. The quantitative estimate of drug-likeness (QED) is 0.722. The summed E-state index contributed by atoms with van der Waals surface area (Å²) in [4.78, 5) is 24.8. The number of carbonyl (C=O) groups is 2. The summed E-state index contributed by atoms with van der Waals surface area (Å²) in [5, 5.41) is 10.7. The highest BCUT2D eigenvalue weighted by atomic mass is 16.4. The van der Waals surface area contributed by atoms with Crippen LogP contribution < -0.4 is 5.32 Å². The van der Waals surface area contributed by atoms with Gasteiger partial charge < -0.3 is 9.51 Å². The van der Waals surface area contributed by atoms with Gasteiger partial charge in [0.2, 0.25) is 0 Å². The summed E-state index contributed by atoms with van der Waals surface area (Å²) in [6.45, 7) is 0. The molecule has 6 heteroatoms. The van der Waals surface area contributed by atoms with Gasteiger partial charge >= 0.3 is 6.09 Å². The molecule has 0 unspecified atom stereocenters. The first kappa shape index (κ1) is 9.20. The summed E-state index contributed by atoms with van der Waals surface area (Å²) in [6.07, 6.45) is 2.57. The van der Waals surface area contributed by atoms with Crippen molar-refractivity contribution in [3.05, 3.63) is 30.2 Å². The number of aldehydes is 1. The van der Waals surface area contributed by atoms with E-state index >= 15 is 0 Å². The SMILES string of the molecule is O=Cc1cn2cc(NC(=O)O)ccc2n1. The largest absolute Gasteiger partial charge is 0.465 e. The molecule has 0 fully saturated rings. The average molecular weight is 205 g/mol. The highest BCUT2D eigenvalue weighted by molar-refractivity contribution is 5.83. The van der Waals surface area contributed by atoms with Crippen molar-refractivity contribution < 1.29 is 14.7 Å². The van der Waals surface area contributed by atoms with E-state index in [0.717, 1.165) is 0 Å². The van der Waals surface area contributed by atoms with Crippen LogP contribution in [0.2, 0.25) is 0 Å². The number of hydrogen-bond donors (Lipinski definition) is 2. The van der Waals surface area contributed by atoms with E-state index in [9.17, 15) is 9.59 Å². The van der Waals surface area contributed by atoms with E-state index in [1.165, 1.54) is 6.20 Å². The summed E-state index contributed by atoms with van der Waals surface area (Å²) >= 11 is 0.